The van der Waals surface area contributed by atoms with Gasteiger partial charge in [0.25, 0.3) is 0 Å². The van der Waals surface area contributed by atoms with Gasteiger partial charge in [0.05, 0.1) is 42.4 Å². The minimum atomic E-state index is -4.43. The van der Waals surface area contributed by atoms with E-state index in [1.807, 2.05) is 0 Å². The molecule has 4 aromatic rings. The summed E-state index contributed by atoms with van der Waals surface area (Å²) in [7, 11) is -4.43. The number of pyridine rings is 1. The molecule has 0 saturated heterocycles. The van der Waals surface area contributed by atoms with E-state index >= 15 is 0 Å². The SMILES string of the molecule is CCOc1cccc(C(c2cnccn2)(c2cnc3nc[nH]c3n2)S(N)(=O)=O)n1. The lowest BCUT2D eigenvalue weighted by atomic mass is 9.95. The van der Waals surface area contributed by atoms with Crippen LogP contribution in [-0.4, -0.2) is 49.9 Å². The average Bonchev–Trinajstić information content (AvgIpc) is 3.17. The van der Waals surface area contributed by atoms with Gasteiger partial charge < -0.3 is 9.72 Å². The first-order valence-corrected chi connectivity index (χ1v) is 10.1. The van der Waals surface area contributed by atoms with E-state index in [1.165, 1.54) is 37.2 Å². The molecule has 12 heteroatoms. The molecule has 11 nitrogen and oxygen atoms in total. The van der Waals surface area contributed by atoms with Crippen LogP contribution in [0.1, 0.15) is 24.0 Å². The average molecular weight is 412 g/mol. The Morgan fingerprint density at radius 1 is 1.07 bits per heavy atom. The summed E-state index contributed by atoms with van der Waals surface area (Å²) in [4.78, 5) is 28.1. The Kier molecular flexibility index (Phi) is 4.64. The van der Waals surface area contributed by atoms with Crippen molar-refractivity contribution in [2.24, 2.45) is 5.14 Å². The van der Waals surface area contributed by atoms with E-state index in [2.05, 4.69) is 34.9 Å². The fourth-order valence-corrected chi connectivity index (χ4v) is 4.24. The van der Waals surface area contributed by atoms with Crippen molar-refractivity contribution in [3.05, 3.63) is 66.4 Å². The monoisotopic (exact) mass is 412 g/mol. The van der Waals surface area contributed by atoms with Gasteiger partial charge >= 0.3 is 0 Å². The Bertz CT molecular complexity index is 1260. The van der Waals surface area contributed by atoms with Crippen LogP contribution in [0.2, 0.25) is 0 Å². The zero-order chi connectivity index (χ0) is 20.5. The number of H-pyrrole nitrogens is 1. The van der Waals surface area contributed by atoms with Gasteiger partial charge in [0.1, 0.15) is 0 Å². The van der Waals surface area contributed by atoms with Crippen LogP contribution in [0.4, 0.5) is 0 Å². The minimum Gasteiger partial charge on any atom is -0.478 e. The molecule has 0 bridgehead atoms. The standard InChI is InChI=1S/C17H16N8O3S/c1-2-28-14-5-3-4-11(24-14)17(29(18,26)27,12-8-19-6-7-20-12)13-9-21-15-16(25-13)23-10-22-15/h3-10H,2H2,1H3,(H2,18,26,27)(H,21,22,23,25). The van der Waals surface area contributed by atoms with Crippen molar-refractivity contribution in [3.8, 4) is 5.88 Å². The molecule has 0 aliphatic rings. The molecule has 0 saturated carbocycles. The quantitative estimate of drug-likeness (QED) is 0.459. The van der Waals surface area contributed by atoms with Crippen molar-refractivity contribution in [2.45, 2.75) is 11.7 Å². The summed E-state index contributed by atoms with van der Waals surface area (Å²) in [6.45, 7) is 2.14. The molecule has 0 amide bonds. The molecule has 0 fully saturated rings. The third-order valence-electron chi connectivity index (χ3n) is 4.23. The van der Waals surface area contributed by atoms with Crippen LogP contribution in [-0.2, 0) is 14.8 Å². The summed E-state index contributed by atoms with van der Waals surface area (Å²) in [6, 6.07) is 4.74. The number of rotatable bonds is 6. The second-order valence-corrected chi connectivity index (χ2v) is 7.64. The van der Waals surface area contributed by atoms with Gasteiger partial charge in [-0.25, -0.2) is 33.5 Å². The van der Waals surface area contributed by atoms with Crippen molar-refractivity contribution >= 4 is 21.3 Å². The van der Waals surface area contributed by atoms with Crippen LogP contribution in [0, 0.1) is 0 Å². The number of hydrogen-bond donors (Lipinski definition) is 2. The second kappa shape index (κ2) is 7.14. The molecule has 4 rings (SSSR count). The Morgan fingerprint density at radius 3 is 2.66 bits per heavy atom. The van der Waals surface area contributed by atoms with E-state index in [1.54, 1.807) is 19.1 Å². The lowest BCUT2D eigenvalue weighted by Crippen LogP contribution is -2.45. The Balaban J connectivity index is 2.11. The highest BCUT2D eigenvalue weighted by Gasteiger charge is 2.52. The zero-order valence-corrected chi connectivity index (χ0v) is 16.0. The van der Waals surface area contributed by atoms with E-state index in [9.17, 15) is 8.42 Å². The number of aromatic nitrogens is 7. The molecule has 0 aliphatic heterocycles. The molecule has 0 aromatic carbocycles. The van der Waals surface area contributed by atoms with Crippen LogP contribution < -0.4 is 9.88 Å². The van der Waals surface area contributed by atoms with Crippen molar-refractivity contribution in [2.75, 3.05) is 6.61 Å². The Hall–Kier alpha value is -3.51. The number of imidazole rings is 1. The first kappa shape index (κ1) is 18.8. The summed E-state index contributed by atoms with van der Waals surface area (Å²) >= 11 is 0. The predicted octanol–water partition coefficient (Wildman–Crippen LogP) is 0.517. The van der Waals surface area contributed by atoms with Crippen LogP contribution in [0.15, 0.2) is 49.3 Å². The van der Waals surface area contributed by atoms with Crippen LogP contribution in [0.5, 0.6) is 5.88 Å². The van der Waals surface area contributed by atoms with Gasteiger partial charge in [-0.2, -0.15) is 0 Å². The molecular weight excluding hydrogens is 396 g/mol. The third kappa shape index (κ3) is 3.07. The van der Waals surface area contributed by atoms with Crippen LogP contribution >= 0.6 is 0 Å². The Morgan fingerprint density at radius 2 is 1.93 bits per heavy atom. The predicted molar refractivity (Wildman–Crippen MR) is 102 cm³/mol. The molecule has 4 aromatic heterocycles. The number of primary sulfonamides is 1. The van der Waals surface area contributed by atoms with E-state index in [-0.39, 0.29) is 23.0 Å². The van der Waals surface area contributed by atoms with E-state index in [0.29, 0.717) is 17.9 Å². The van der Waals surface area contributed by atoms with Crippen LogP contribution in [0.3, 0.4) is 0 Å². The largest absolute Gasteiger partial charge is 0.478 e. The molecule has 1 atom stereocenters. The van der Waals surface area contributed by atoms with Gasteiger partial charge in [0.15, 0.2) is 11.3 Å². The number of hydrogen-bond acceptors (Lipinski definition) is 9. The van der Waals surface area contributed by atoms with Gasteiger partial charge in [-0.1, -0.05) is 6.07 Å². The summed E-state index contributed by atoms with van der Waals surface area (Å²) in [5.74, 6) is 0.234. The molecule has 0 radical (unpaired) electrons. The molecule has 148 valence electrons. The van der Waals surface area contributed by atoms with Crippen molar-refractivity contribution < 1.29 is 13.2 Å². The summed E-state index contributed by atoms with van der Waals surface area (Å²) in [5.41, 5.74) is 0.697. The topological polar surface area (TPSA) is 163 Å². The molecule has 29 heavy (non-hydrogen) atoms. The second-order valence-electron chi connectivity index (χ2n) is 5.94. The van der Waals surface area contributed by atoms with Gasteiger partial charge in [-0.3, -0.25) is 9.97 Å². The highest BCUT2D eigenvalue weighted by atomic mass is 32.2. The van der Waals surface area contributed by atoms with Crippen molar-refractivity contribution in [1.82, 2.24) is 34.9 Å². The lowest BCUT2D eigenvalue weighted by Gasteiger charge is -2.29. The maximum Gasteiger partial charge on any atom is 0.232 e. The lowest BCUT2D eigenvalue weighted by molar-refractivity contribution is 0.325. The third-order valence-corrected chi connectivity index (χ3v) is 5.71. The highest BCUT2D eigenvalue weighted by molar-refractivity contribution is 7.90. The smallest absolute Gasteiger partial charge is 0.232 e. The number of fused-ring (bicyclic) bond motifs is 1. The molecule has 4 heterocycles. The fourth-order valence-electron chi connectivity index (χ4n) is 3.05. The minimum absolute atomic E-state index is 0.00148. The number of sulfonamides is 1. The molecular formula is C17H16N8O3S. The summed E-state index contributed by atoms with van der Waals surface area (Å²) in [6.07, 6.45) is 6.79. The molecule has 0 spiro atoms. The fraction of sp³-hybridized carbons (Fsp3) is 0.176. The van der Waals surface area contributed by atoms with Gasteiger partial charge in [-0.05, 0) is 13.0 Å². The number of nitrogens with two attached hydrogens (primary N) is 1. The number of nitrogens with one attached hydrogen (secondary N) is 1. The zero-order valence-electron chi connectivity index (χ0n) is 15.2. The summed E-state index contributed by atoms with van der Waals surface area (Å²) in [5, 5.41) is 5.78. The first-order chi connectivity index (χ1) is 14.0. The molecule has 3 N–H and O–H groups in total. The van der Waals surface area contributed by atoms with Gasteiger partial charge in [0, 0.05) is 18.5 Å². The van der Waals surface area contributed by atoms with Gasteiger partial charge in [-0.15, -0.1) is 0 Å². The van der Waals surface area contributed by atoms with Crippen molar-refractivity contribution in [1.29, 1.82) is 0 Å². The van der Waals surface area contributed by atoms with E-state index in [0.717, 1.165) is 0 Å². The van der Waals surface area contributed by atoms with Crippen molar-refractivity contribution in [3.63, 3.8) is 0 Å². The van der Waals surface area contributed by atoms with Crippen LogP contribution in [0.25, 0.3) is 11.3 Å². The van der Waals surface area contributed by atoms with Gasteiger partial charge in [0.2, 0.25) is 20.7 Å². The summed E-state index contributed by atoms with van der Waals surface area (Å²) < 4.78 is 29.6. The Labute approximate surface area is 165 Å². The van der Waals surface area contributed by atoms with E-state index in [4.69, 9.17) is 9.88 Å². The molecule has 0 aliphatic carbocycles. The maximum atomic E-state index is 13.1. The maximum absolute atomic E-state index is 13.1. The normalized spacial score (nSPS) is 13.9. The number of aromatic amines is 1. The van der Waals surface area contributed by atoms with E-state index < -0.39 is 14.8 Å². The first-order valence-electron chi connectivity index (χ1n) is 8.52. The highest BCUT2D eigenvalue weighted by Crippen LogP contribution is 2.40. The number of ether oxygens (including phenoxy) is 1. The number of nitrogens with zero attached hydrogens (tertiary/aromatic N) is 6. The molecule has 1 unspecified atom stereocenters.